The van der Waals surface area contributed by atoms with E-state index in [-0.39, 0.29) is 5.91 Å². The van der Waals surface area contributed by atoms with E-state index in [0.29, 0.717) is 18.8 Å². The summed E-state index contributed by atoms with van der Waals surface area (Å²) < 4.78 is 0. The molecule has 0 spiro atoms. The van der Waals surface area contributed by atoms with Crippen LogP contribution in [0.2, 0.25) is 0 Å². The lowest BCUT2D eigenvalue weighted by Gasteiger charge is -2.18. The average Bonchev–Trinajstić information content (AvgIpc) is 2.38. The molecule has 0 saturated heterocycles. The predicted octanol–water partition coefficient (Wildman–Crippen LogP) is 1.29. The maximum absolute atomic E-state index is 11.9. The number of hydrogen-bond acceptors (Lipinski definition) is 3. The molecule has 0 radical (unpaired) electrons. The number of hydrogen-bond donors (Lipinski definition) is 2. The van der Waals surface area contributed by atoms with Crippen molar-refractivity contribution in [3.63, 3.8) is 0 Å². The Bertz CT molecular complexity index is 404. The Morgan fingerprint density at radius 2 is 1.95 bits per heavy atom. The zero-order chi connectivity index (χ0) is 14.3. The molecule has 1 amide bonds. The van der Waals surface area contributed by atoms with Crippen LogP contribution in [-0.2, 0) is 16.0 Å². The van der Waals surface area contributed by atoms with Gasteiger partial charge in [-0.15, -0.1) is 0 Å². The van der Waals surface area contributed by atoms with E-state index in [2.05, 4.69) is 5.32 Å². The minimum Gasteiger partial charge on any atom is -0.345 e. The Morgan fingerprint density at radius 3 is 2.47 bits per heavy atom. The van der Waals surface area contributed by atoms with Gasteiger partial charge >= 0.3 is 0 Å². The van der Waals surface area contributed by atoms with Crippen LogP contribution < -0.4 is 11.1 Å². The third-order valence-corrected chi connectivity index (χ3v) is 2.85. The Kier molecular flexibility index (Phi) is 6.22. The van der Waals surface area contributed by atoms with E-state index in [9.17, 15) is 9.59 Å². The Morgan fingerprint density at radius 1 is 1.32 bits per heavy atom. The van der Waals surface area contributed by atoms with Crippen LogP contribution >= 0.6 is 0 Å². The standard InChI is InChI=1S/C15H22N2O2/c1-11(2)8-13(10-18)17-15(19)14(16)9-12-6-4-3-5-7-12/h3-7,10-11,13-14H,8-9,16H2,1-2H3,(H,17,19)/t13-,14-/m0/s1. The summed E-state index contributed by atoms with van der Waals surface area (Å²) in [5.74, 6) is 0.0717. The van der Waals surface area contributed by atoms with Gasteiger partial charge in [0, 0.05) is 0 Å². The monoisotopic (exact) mass is 262 g/mol. The summed E-state index contributed by atoms with van der Waals surface area (Å²) in [7, 11) is 0. The molecule has 104 valence electrons. The van der Waals surface area contributed by atoms with Gasteiger partial charge in [0.1, 0.15) is 6.29 Å². The van der Waals surface area contributed by atoms with Crippen LogP contribution in [0.15, 0.2) is 30.3 Å². The summed E-state index contributed by atoms with van der Waals surface area (Å²) in [4.78, 5) is 22.8. The first-order chi connectivity index (χ1) is 9.02. The number of carbonyl (C=O) groups excluding carboxylic acids is 2. The molecular weight excluding hydrogens is 240 g/mol. The molecule has 1 aromatic rings. The van der Waals surface area contributed by atoms with Crippen molar-refractivity contribution >= 4 is 12.2 Å². The topological polar surface area (TPSA) is 72.2 Å². The molecule has 1 rings (SSSR count). The molecule has 0 aliphatic rings. The SMILES string of the molecule is CC(C)C[C@@H](C=O)NC(=O)[C@@H](N)Cc1ccccc1. The number of benzene rings is 1. The van der Waals surface area contributed by atoms with Crippen molar-refractivity contribution in [3.05, 3.63) is 35.9 Å². The van der Waals surface area contributed by atoms with Crippen molar-refractivity contribution in [3.8, 4) is 0 Å². The van der Waals surface area contributed by atoms with Gasteiger partial charge in [-0.3, -0.25) is 4.79 Å². The fraction of sp³-hybridized carbons (Fsp3) is 0.467. The highest BCUT2D eigenvalue weighted by Gasteiger charge is 2.18. The molecule has 0 unspecified atom stereocenters. The van der Waals surface area contributed by atoms with Crippen molar-refractivity contribution in [2.45, 2.75) is 38.8 Å². The van der Waals surface area contributed by atoms with Gasteiger partial charge < -0.3 is 15.8 Å². The minimum absolute atomic E-state index is 0.276. The summed E-state index contributed by atoms with van der Waals surface area (Å²) in [6.45, 7) is 4.01. The van der Waals surface area contributed by atoms with Gasteiger partial charge in [-0.05, 0) is 24.3 Å². The molecule has 0 bridgehead atoms. The summed E-state index contributed by atoms with van der Waals surface area (Å²) in [6, 6.07) is 8.52. The highest BCUT2D eigenvalue weighted by atomic mass is 16.2. The third-order valence-electron chi connectivity index (χ3n) is 2.85. The quantitative estimate of drug-likeness (QED) is 0.727. The van der Waals surface area contributed by atoms with E-state index in [1.807, 2.05) is 44.2 Å². The second-order valence-corrected chi connectivity index (χ2v) is 5.18. The first-order valence-electron chi connectivity index (χ1n) is 6.58. The van der Waals surface area contributed by atoms with Crippen LogP contribution in [0.25, 0.3) is 0 Å². The molecule has 0 heterocycles. The molecule has 3 N–H and O–H groups in total. The highest BCUT2D eigenvalue weighted by molar-refractivity contribution is 5.84. The summed E-state index contributed by atoms with van der Waals surface area (Å²) in [6.07, 6.45) is 1.88. The first-order valence-corrected chi connectivity index (χ1v) is 6.58. The number of amides is 1. The van der Waals surface area contributed by atoms with Gasteiger partial charge in [-0.25, -0.2) is 0 Å². The molecule has 4 heteroatoms. The second kappa shape index (κ2) is 7.69. The fourth-order valence-electron chi connectivity index (χ4n) is 1.91. The largest absolute Gasteiger partial charge is 0.345 e. The first kappa shape index (κ1) is 15.4. The average molecular weight is 262 g/mol. The molecule has 0 aromatic heterocycles. The summed E-state index contributed by atoms with van der Waals surface area (Å²) in [5.41, 5.74) is 6.87. The van der Waals surface area contributed by atoms with Gasteiger partial charge in [0.2, 0.25) is 5.91 Å². The maximum atomic E-state index is 11.9. The predicted molar refractivity (Wildman–Crippen MR) is 75.6 cm³/mol. The zero-order valence-electron chi connectivity index (χ0n) is 11.5. The van der Waals surface area contributed by atoms with Crippen LogP contribution in [-0.4, -0.2) is 24.3 Å². The maximum Gasteiger partial charge on any atom is 0.237 e. The molecule has 2 atom stereocenters. The molecule has 0 aliphatic carbocycles. The van der Waals surface area contributed by atoms with Gasteiger partial charge in [-0.1, -0.05) is 44.2 Å². The smallest absolute Gasteiger partial charge is 0.237 e. The normalized spacial score (nSPS) is 13.9. The van der Waals surface area contributed by atoms with Crippen molar-refractivity contribution in [2.75, 3.05) is 0 Å². The van der Waals surface area contributed by atoms with E-state index >= 15 is 0 Å². The van der Waals surface area contributed by atoms with E-state index in [0.717, 1.165) is 11.8 Å². The van der Waals surface area contributed by atoms with E-state index in [4.69, 9.17) is 5.73 Å². The summed E-state index contributed by atoms with van der Waals surface area (Å²) >= 11 is 0. The Labute approximate surface area is 114 Å². The van der Waals surface area contributed by atoms with Gasteiger partial charge in [-0.2, -0.15) is 0 Å². The number of rotatable bonds is 7. The van der Waals surface area contributed by atoms with Gasteiger partial charge in [0.05, 0.1) is 12.1 Å². The molecular formula is C15H22N2O2. The van der Waals surface area contributed by atoms with Crippen molar-refractivity contribution in [1.82, 2.24) is 5.32 Å². The number of carbonyl (C=O) groups is 2. The highest BCUT2D eigenvalue weighted by Crippen LogP contribution is 2.05. The van der Waals surface area contributed by atoms with Crippen LogP contribution in [0.4, 0.5) is 0 Å². The number of aldehydes is 1. The molecule has 4 nitrogen and oxygen atoms in total. The van der Waals surface area contributed by atoms with Crippen molar-refractivity contribution in [1.29, 1.82) is 0 Å². The van der Waals surface area contributed by atoms with Crippen LogP contribution in [0.1, 0.15) is 25.8 Å². The zero-order valence-corrected chi connectivity index (χ0v) is 11.5. The molecule has 0 saturated carbocycles. The van der Waals surface area contributed by atoms with Crippen molar-refractivity contribution < 1.29 is 9.59 Å². The van der Waals surface area contributed by atoms with Crippen LogP contribution in [0.5, 0.6) is 0 Å². The molecule has 0 fully saturated rings. The van der Waals surface area contributed by atoms with Crippen molar-refractivity contribution in [2.24, 2.45) is 11.7 Å². The minimum atomic E-state index is -0.628. The van der Waals surface area contributed by atoms with E-state index in [1.54, 1.807) is 0 Å². The van der Waals surface area contributed by atoms with Crippen LogP contribution in [0, 0.1) is 5.92 Å². The lowest BCUT2D eigenvalue weighted by molar-refractivity contribution is -0.125. The van der Waals surface area contributed by atoms with Gasteiger partial charge in [0.25, 0.3) is 0 Å². The molecule has 1 aromatic carbocycles. The number of nitrogens with one attached hydrogen (secondary N) is 1. The van der Waals surface area contributed by atoms with E-state index in [1.165, 1.54) is 0 Å². The fourth-order valence-corrected chi connectivity index (χ4v) is 1.91. The molecule has 0 aliphatic heterocycles. The Hall–Kier alpha value is -1.68. The van der Waals surface area contributed by atoms with Gasteiger partial charge in [0.15, 0.2) is 0 Å². The number of nitrogens with two attached hydrogens (primary N) is 1. The van der Waals surface area contributed by atoms with Crippen LogP contribution in [0.3, 0.4) is 0 Å². The summed E-state index contributed by atoms with van der Waals surface area (Å²) in [5, 5.41) is 2.69. The molecule has 19 heavy (non-hydrogen) atoms. The van der Waals surface area contributed by atoms with E-state index < -0.39 is 12.1 Å². The second-order valence-electron chi connectivity index (χ2n) is 5.18. The lowest BCUT2D eigenvalue weighted by atomic mass is 10.0. The third kappa shape index (κ3) is 5.66. The lowest BCUT2D eigenvalue weighted by Crippen LogP contribution is -2.47. The Balaban J connectivity index is 2.50.